The van der Waals surface area contributed by atoms with Crippen LogP contribution < -0.4 is 0 Å². The number of hydrogen-bond donors (Lipinski definition) is 0. The number of hydrogen-bond acceptors (Lipinski definition) is 3. The summed E-state index contributed by atoms with van der Waals surface area (Å²) >= 11 is 0. The lowest BCUT2D eigenvalue weighted by molar-refractivity contribution is 0.0771. The van der Waals surface area contributed by atoms with Gasteiger partial charge in [0.05, 0.1) is 18.6 Å². The summed E-state index contributed by atoms with van der Waals surface area (Å²) in [5, 5.41) is 9.21. The number of ether oxygens (including phenoxy) is 1. The van der Waals surface area contributed by atoms with E-state index in [-0.39, 0.29) is 5.92 Å². The van der Waals surface area contributed by atoms with Gasteiger partial charge >= 0.3 is 0 Å². The molecule has 92 valence electrons. The SMILES string of the molecule is CCN(CCOC)C1CC(C)CCC1C#N. The Labute approximate surface area is 99.4 Å². The first-order valence-electron chi connectivity index (χ1n) is 6.35. The molecule has 0 saturated heterocycles. The summed E-state index contributed by atoms with van der Waals surface area (Å²) in [5.41, 5.74) is 0. The molecule has 0 radical (unpaired) electrons. The van der Waals surface area contributed by atoms with Gasteiger partial charge in [-0.1, -0.05) is 13.8 Å². The van der Waals surface area contributed by atoms with Crippen molar-refractivity contribution in [3.8, 4) is 6.07 Å². The van der Waals surface area contributed by atoms with Gasteiger partial charge in [0.1, 0.15) is 0 Å². The second-order valence-electron chi connectivity index (χ2n) is 4.84. The van der Waals surface area contributed by atoms with Gasteiger partial charge in [0, 0.05) is 19.7 Å². The van der Waals surface area contributed by atoms with Crippen LogP contribution in [0.2, 0.25) is 0 Å². The van der Waals surface area contributed by atoms with Gasteiger partial charge in [-0.15, -0.1) is 0 Å². The van der Waals surface area contributed by atoms with E-state index in [1.54, 1.807) is 7.11 Å². The summed E-state index contributed by atoms with van der Waals surface area (Å²) < 4.78 is 5.14. The predicted octanol–water partition coefficient (Wildman–Crippen LogP) is 2.28. The Balaban J connectivity index is 2.60. The Morgan fingerprint density at radius 3 is 2.75 bits per heavy atom. The molecule has 0 N–H and O–H groups in total. The van der Waals surface area contributed by atoms with Crippen LogP contribution >= 0.6 is 0 Å². The number of likely N-dealkylation sites (N-methyl/N-ethyl adjacent to an activating group) is 1. The number of nitrogens with zero attached hydrogens (tertiary/aromatic N) is 2. The van der Waals surface area contributed by atoms with Crippen molar-refractivity contribution >= 4 is 0 Å². The second-order valence-corrected chi connectivity index (χ2v) is 4.84. The molecule has 0 spiro atoms. The Bertz CT molecular complexity index is 237. The minimum Gasteiger partial charge on any atom is -0.383 e. The zero-order chi connectivity index (χ0) is 12.0. The zero-order valence-electron chi connectivity index (χ0n) is 10.8. The minimum absolute atomic E-state index is 0.216. The van der Waals surface area contributed by atoms with Gasteiger partial charge < -0.3 is 4.74 Å². The van der Waals surface area contributed by atoms with Crippen molar-refractivity contribution in [1.82, 2.24) is 4.90 Å². The Kier molecular flexibility index (Phi) is 5.79. The molecule has 0 aliphatic heterocycles. The highest BCUT2D eigenvalue weighted by atomic mass is 16.5. The van der Waals surface area contributed by atoms with E-state index in [1.807, 2.05) is 0 Å². The van der Waals surface area contributed by atoms with E-state index >= 15 is 0 Å². The molecule has 1 aliphatic rings. The van der Waals surface area contributed by atoms with E-state index in [1.165, 1.54) is 6.42 Å². The van der Waals surface area contributed by atoms with E-state index in [9.17, 15) is 5.26 Å². The average molecular weight is 224 g/mol. The van der Waals surface area contributed by atoms with Gasteiger partial charge in [-0.3, -0.25) is 4.90 Å². The molecule has 0 aromatic rings. The van der Waals surface area contributed by atoms with Crippen molar-refractivity contribution in [3.63, 3.8) is 0 Å². The molecule has 16 heavy (non-hydrogen) atoms. The second kappa shape index (κ2) is 6.88. The molecular formula is C13H24N2O. The van der Waals surface area contributed by atoms with Crippen LogP contribution in [0.5, 0.6) is 0 Å². The third-order valence-electron chi connectivity index (χ3n) is 3.70. The van der Waals surface area contributed by atoms with E-state index < -0.39 is 0 Å². The van der Waals surface area contributed by atoms with Crippen LogP contribution in [0.15, 0.2) is 0 Å². The van der Waals surface area contributed by atoms with Gasteiger partial charge in [0.25, 0.3) is 0 Å². The highest BCUT2D eigenvalue weighted by Crippen LogP contribution is 2.31. The summed E-state index contributed by atoms with van der Waals surface area (Å²) in [6, 6.07) is 2.92. The molecule has 1 fully saturated rings. The summed E-state index contributed by atoms with van der Waals surface area (Å²) in [6.45, 7) is 7.19. The topological polar surface area (TPSA) is 36.3 Å². The van der Waals surface area contributed by atoms with Crippen LogP contribution in [0.4, 0.5) is 0 Å². The largest absolute Gasteiger partial charge is 0.383 e. The van der Waals surface area contributed by atoms with Gasteiger partial charge in [-0.05, 0) is 31.7 Å². The van der Waals surface area contributed by atoms with Crippen LogP contribution in [-0.2, 0) is 4.74 Å². The molecule has 3 atom stereocenters. The first-order chi connectivity index (χ1) is 7.72. The van der Waals surface area contributed by atoms with Crippen molar-refractivity contribution in [3.05, 3.63) is 0 Å². The van der Waals surface area contributed by atoms with Crippen LogP contribution in [0.3, 0.4) is 0 Å². The van der Waals surface area contributed by atoms with Crippen molar-refractivity contribution in [2.45, 2.75) is 39.2 Å². The van der Waals surface area contributed by atoms with Gasteiger partial charge in [-0.2, -0.15) is 5.26 Å². The lowest BCUT2D eigenvalue weighted by atomic mass is 9.79. The maximum atomic E-state index is 9.21. The van der Waals surface area contributed by atoms with Crippen molar-refractivity contribution in [2.75, 3.05) is 26.8 Å². The standard InChI is InChI=1S/C13H24N2O/c1-4-15(7-8-16-3)13-9-11(2)5-6-12(13)10-14/h11-13H,4-9H2,1-3H3. The maximum absolute atomic E-state index is 9.21. The average Bonchev–Trinajstić information content (AvgIpc) is 2.30. The third-order valence-corrected chi connectivity index (χ3v) is 3.70. The molecule has 0 aromatic heterocycles. The van der Waals surface area contributed by atoms with Gasteiger partial charge in [0.15, 0.2) is 0 Å². The van der Waals surface area contributed by atoms with Crippen LogP contribution in [-0.4, -0.2) is 37.7 Å². The fourth-order valence-corrected chi connectivity index (χ4v) is 2.67. The quantitative estimate of drug-likeness (QED) is 0.719. The van der Waals surface area contributed by atoms with Crippen LogP contribution in [0, 0.1) is 23.2 Å². The molecule has 0 aromatic carbocycles. The van der Waals surface area contributed by atoms with Crippen molar-refractivity contribution in [2.24, 2.45) is 11.8 Å². The minimum atomic E-state index is 0.216. The monoisotopic (exact) mass is 224 g/mol. The lowest BCUT2D eigenvalue weighted by Crippen LogP contribution is -2.45. The lowest BCUT2D eigenvalue weighted by Gasteiger charge is -2.38. The Morgan fingerprint density at radius 2 is 2.19 bits per heavy atom. The van der Waals surface area contributed by atoms with Crippen molar-refractivity contribution < 1.29 is 4.74 Å². The first-order valence-corrected chi connectivity index (χ1v) is 6.35. The number of methoxy groups -OCH3 is 1. The van der Waals surface area contributed by atoms with E-state index in [0.717, 1.165) is 38.5 Å². The number of rotatable bonds is 5. The molecule has 1 saturated carbocycles. The van der Waals surface area contributed by atoms with Crippen LogP contribution in [0.25, 0.3) is 0 Å². The summed E-state index contributed by atoms with van der Waals surface area (Å²) in [4.78, 5) is 2.41. The highest BCUT2D eigenvalue weighted by molar-refractivity contribution is 4.96. The van der Waals surface area contributed by atoms with E-state index in [0.29, 0.717) is 6.04 Å². The summed E-state index contributed by atoms with van der Waals surface area (Å²) in [7, 11) is 1.74. The summed E-state index contributed by atoms with van der Waals surface area (Å²) in [5.74, 6) is 0.971. The molecule has 3 nitrogen and oxygen atoms in total. The fraction of sp³-hybridized carbons (Fsp3) is 0.923. The molecule has 1 aliphatic carbocycles. The van der Waals surface area contributed by atoms with Gasteiger partial charge in [0.2, 0.25) is 0 Å². The number of nitriles is 1. The van der Waals surface area contributed by atoms with E-state index in [4.69, 9.17) is 4.74 Å². The molecule has 0 bridgehead atoms. The third kappa shape index (κ3) is 3.47. The molecule has 0 amide bonds. The van der Waals surface area contributed by atoms with E-state index in [2.05, 4.69) is 24.8 Å². The normalized spacial score (nSPS) is 30.3. The first kappa shape index (κ1) is 13.5. The Hall–Kier alpha value is -0.590. The predicted molar refractivity (Wildman–Crippen MR) is 65.0 cm³/mol. The summed E-state index contributed by atoms with van der Waals surface area (Å²) in [6.07, 6.45) is 3.43. The van der Waals surface area contributed by atoms with Crippen molar-refractivity contribution in [1.29, 1.82) is 5.26 Å². The molecule has 3 heteroatoms. The zero-order valence-corrected chi connectivity index (χ0v) is 10.8. The molecular weight excluding hydrogens is 200 g/mol. The Morgan fingerprint density at radius 1 is 1.44 bits per heavy atom. The molecule has 3 unspecified atom stereocenters. The smallest absolute Gasteiger partial charge is 0.0672 e. The highest BCUT2D eigenvalue weighted by Gasteiger charge is 2.32. The molecule has 0 heterocycles. The maximum Gasteiger partial charge on any atom is 0.0672 e. The van der Waals surface area contributed by atoms with Gasteiger partial charge in [-0.25, -0.2) is 0 Å². The molecule has 1 rings (SSSR count). The van der Waals surface area contributed by atoms with Crippen LogP contribution in [0.1, 0.15) is 33.1 Å². The fourth-order valence-electron chi connectivity index (χ4n) is 2.67.